The van der Waals surface area contributed by atoms with E-state index in [0.717, 1.165) is 11.1 Å². The second kappa shape index (κ2) is 8.20. The first kappa shape index (κ1) is 20.9. The van der Waals surface area contributed by atoms with Crippen LogP contribution in [0.15, 0.2) is 60.5 Å². The molecule has 5 rings (SSSR count). The molecule has 166 valence electrons. The third kappa shape index (κ3) is 3.67. The van der Waals surface area contributed by atoms with E-state index >= 15 is 0 Å². The predicted molar refractivity (Wildman–Crippen MR) is 123 cm³/mol. The topological polar surface area (TPSA) is 74.7 Å². The van der Waals surface area contributed by atoms with Gasteiger partial charge in [-0.15, -0.1) is 0 Å². The molecule has 0 radical (unpaired) electrons. The number of Topliss-reactive ketones (excluding diaryl/α,β-unsaturated/α-hetero) is 1. The van der Waals surface area contributed by atoms with E-state index in [1.807, 2.05) is 18.2 Å². The molecule has 0 spiro atoms. The monoisotopic (exact) mass is 441 g/mol. The van der Waals surface area contributed by atoms with Gasteiger partial charge in [-0.2, -0.15) is 0 Å². The quantitative estimate of drug-likeness (QED) is 0.386. The molecular weight excluding hydrogens is 418 g/mol. The summed E-state index contributed by atoms with van der Waals surface area (Å²) in [6.07, 6.45) is 3.46. The highest BCUT2D eigenvalue weighted by atomic mass is 16.5. The van der Waals surface area contributed by atoms with Crippen LogP contribution in [0.3, 0.4) is 0 Å². The average Bonchev–Trinajstić information content (AvgIpc) is 3.14. The number of esters is 1. The predicted octanol–water partition coefficient (Wildman–Crippen LogP) is 5.62. The van der Waals surface area contributed by atoms with Crippen molar-refractivity contribution in [2.45, 2.75) is 32.1 Å². The van der Waals surface area contributed by atoms with Gasteiger partial charge in [0, 0.05) is 23.2 Å². The summed E-state index contributed by atoms with van der Waals surface area (Å²) >= 11 is 0. The van der Waals surface area contributed by atoms with Gasteiger partial charge in [-0.1, -0.05) is 44.2 Å². The van der Waals surface area contributed by atoms with E-state index < -0.39 is 5.92 Å². The molecule has 33 heavy (non-hydrogen) atoms. The Morgan fingerprint density at radius 1 is 1.12 bits per heavy atom. The maximum atomic E-state index is 13.2. The minimum absolute atomic E-state index is 0.0786. The van der Waals surface area contributed by atoms with E-state index in [2.05, 4.69) is 31.0 Å². The molecule has 0 saturated heterocycles. The van der Waals surface area contributed by atoms with E-state index in [9.17, 15) is 9.59 Å². The Labute approximate surface area is 191 Å². The number of carbonyl (C=O) groups is 2. The number of nitrogens with zero attached hydrogens (tertiary/aromatic N) is 1. The van der Waals surface area contributed by atoms with Crippen molar-refractivity contribution in [1.82, 2.24) is 4.98 Å². The summed E-state index contributed by atoms with van der Waals surface area (Å²) in [5.41, 5.74) is 3.96. The molecule has 0 saturated carbocycles. The van der Waals surface area contributed by atoms with Gasteiger partial charge in [0.25, 0.3) is 0 Å². The second-order valence-electron chi connectivity index (χ2n) is 8.45. The number of carbonyl (C=O) groups excluding carboxylic acids is 2. The molecule has 0 bridgehead atoms. The Bertz CT molecular complexity index is 1290. The van der Waals surface area contributed by atoms with Crippen LogP contribution in [-0.4, -0.2) is 23.8 Å². The van der Waals surface area contributed by atoms with Crippen LogP contribution in [0.25, 0.3) is 6.08 Å². The van der Waals surface area contributed by atoms with Gasteiger partial charge in [0.2, 0.25) is 11.7 Å². The van der Waals surface area contributed by atoms with Crippen molar-refractivity contribution in [2.75, 3.05) is 7.11 Å². The Morgan fingerprint density at radius 2 is 1.91 bits per heavy atom. The first-order valence-electron chi connectivity index (χ1n) is 10.9. The van der Waals surface area contributed by atoms with Crippen LogP contribution >= 0.6 is 0 Å². The van der Waals surface area contributed by atoms with Gasteiger partial charge in [0.15, 0.2) is 5.76 Å². The standard InChI is InChI=1S/C27H23NO5/c1-15(2)17-8-6-16(7-9-17)13-22-25(30)19-10-11-21-24(26(19)32-22)20(14-23(29)31-3)18-5-4-12-28-27(18)33-21/h4-13,15,20H,14H2,1-3H3/b22-13-/t20-/m0/s1. The lowest BCUT2D eigenvalue weighted by atomic mass is 9.85. The lowest BCUT2D eigenvalue weighted by molar-refractivity contribution is -0.140. The molecule has 6 heteroatoms. The van der Waals surface area contributed by atoms with Crippen LogP contribution in [0, 0.1) is 0 Å². The van der Waals surface area contributed by atoms with Crippen LogP contribution in [0.1, 0.15) is 64.7 Å². The molecule has 2 aliphatic rings. The van der Waals surface area contributed by atoms with Crippen molar-refractivity contribution in [3.63, 3.8) is 0 Å². The number of aromatic nitrogens is 1. The molecule has 0 N–H and O–H groups in total. The van der Waals surface area contributed by atoms with E-state index in [-0.39, 0.29) is 23.9 Å². The molecule has 6 nitrogen and oxygen atoms in total. The maximum Gasteiger partial charge on any atom is 0.306 e. The van der Waals surface area contributed by atoms with Crippen molar-refractivity contribution in [2.24, 2.45) is 0 Å². The third-order valence-electron chi connectivity index (χ3n) is 6.07. The van der Waals surface area contributed by atoms with E-state index in [1.54, 1.807) is 30.5 Å². The molecule has 0 fully saturated rings. The highest BCUT2D eigenvalue weighted by Crippen LogP contribution is 2.52. The molecule has 2 aromatic carbocycles. The highest BCUT2D eigenvalue weighted by molar-refractivity contribution is 6.15. The fraction of sp³-hybridized carbons (Fsp3) is 0.222. The van der Waals surface area contributed by atoms with Gasteiger partial charge >= 0.3 is 5.97 Å². The summed E-state index contributed by atoms with van der Waals surface area (Å²) in [7, 11) is 1.35. The fourth-order valence-electron chi connectivity index (χ4n) is 4.28. The van der Waals surface area contributed by atoms with Crippen molar-refractivity contribution >= 4 is 17.8 Å². The van der Waals surface area contributed by atoms with Crippen LogP contribution in [0.5, 0.6) is 17.4 Å². The Morgan fingerprint density at radius 3 is 2.64 bits per heavy atom. The van der Waals surface area contributed by atoms with Crippen LogP contribution in [-0.2, 0) is 9.53 Å². The zero-order chi connectivity index (χ0) is 23.1. The van der Waals surface area contributed by atoms with Gasteiger partial charge in [-0.25, -0.2) is 4.98 Å². The number of ketones is 1. The van der Waals surface area contributed by atoms with Gasteiger partial charge < -0.3 is 14.2 Å². The van der Waals surface area contributed by atoms with Crippen LogP contribution in [0.4, 0.5) is 0 Å². The summed E-state index contributed by atoms with van der Waals surface area (Å²) in [5.74, 6) is 1.07. The lowest BCUT2D eigenvalue weighted by Crippen LogP contribution is -2.16. The van der Waals surface area contributed by atoms with Crippen molar-refractivity contribution < 1.29 is 23.8 Å². The van der Waals surface area contributed by atoms with Gasteiger partial charge in [0.1, 0.15) is 11.5 Å². The number of fused-ring (bicyclic) bond motifs is 4. The number of pyridine rings is 1. The molecule has 3 heterocycles. The molecule has 0 aliphatic carbocycles. The highest BCUT2D eigenvalue weighted by Gasteiger charge is 2.39. The number of methoxy groups -OCH3 is 1. The largest absolute Gasteiger partial charge is 0.469 e. The number of rotatable bonds is 4. The van der Waals surface area contributed by atoms with E-state index in [1.165, 1.54) is 12.7 Å². The van der Waals surface area contributed by atoms with Crippen LogP contribution in [0.2, 0.25) is 0 Å². The maximum absolute atomic E-state index is 13.2. The fourth-order valence-corrected chi connectivity index (χ4v) is 4.28. The van der Waals surface area contributed by atoms with Crippen molar-refractivity contribution in [1.29, 1.82) is 0 Å². The Hall–Kier alpha value is -3.93. The minimum Gasteiger partial charge on any atom is -0.469 e. The first-order valence-corrected chi connectivity index (χ1v) is 10.9. The van der Waals surface area contributed by atoms with E-state index in [4.69, 9.17) is 14.2 Å². The third-order valence-corrected chi connectivity index (χ3v) is 6.07. The minimum atomic E-state index is -0.405. The molecule has 1 aromatic heterocycles. The molecule has 2 aliphatic heterocycles. The summed E-state index contributed by atoms with van der Waals surface area (Å²) in [5, 5.41) is 0. The van der Waals surface area contributed by atoms with Gasteiger partial charge in [0.05, 0.1) is 19.1 Å². The Kier molecular flexibility index (Phi) is 5.21. The number of hydrogen-bond donors (Lipinski definition) is 0. The lowest BCUT2D eigenvalue weighted by Gasteiger charge is -2.27. The molecule has 1 atom stereocenters. The molecular formula is C27H23NO5. The zero-order valence-electron chi connectivity index (χ0n) is 18.6. The number of ether oxygens (including phenoxy) is 3. The second-order valence-corrected chi connectivity index (χ2v) is 8.45. The summed E-state index contributed by atoms with van der Waals surface area (Å²) < 4.78 is 17.0. The summed E-state index contributed by atoms with van der Waals surface area (Å²) in [6.45, 7) is 4.27. The molecule has 0 unspecified atom stereocenters. The SMILES string of the molecule is COC(=O)C[C@H]1c2cccnc2Oc2ccc3c(c21)O/C(=C\c1ccc(C(C)C)cc1)C3=O. The normalized spacial score (nSPS) is 17.2. The molecule has 0 amide bonds. The smallest absolute Gasteiger partial charge is 0.306 e. The first-order chi connectivity index (χ1) is 16.0. The molecule has 3 aromatic rings. The summed E-state index contributed by atoms with van der Waals surface area (Å²) in [4.78, 5) is 29.7. The average molecular weight is 441 g/mol. The van der Waals surface area contributed by atoms with E-state index in [0.29, 0.717) is 34.4 Å². The van der Waals surface area contributed by atoms with Gasteiger partial charge in [-0.05, 0) is 41.3 Å². The van der Waals surface area contributed by atoms with Gasteiger partial charge in [-0.3, -0.25) is 9.59 Å². The summed E-state index contributed by atoms with van der Waals surface area (Å²) in [6, 6.07) is 15.1. The van der Waals surface area contributed by atoms with Crippen LogP contribution < -0.4 is 9.47 Å². The zero-order valence-corrected chi connectivity index (χ0v) is 18.6. The van der Waals surface area contributed by atoms with Crippen molar-refractivity contribution in [3.8, 4) is 17.4 Å². The number of benzene rings is 2. The van der Waals surface area contributed by atoms with Crippen molar-refractivity contribution in [3.05, 3.63) is 88.3 Å². The number of allylic oxidation sites excluding steroid dienone is 1. The number of hydrogen-bond acceptors (Lipinski definition) is 6. The Balaban J connectivity index is 1.56.